The van der Waals surface area contributed by atoms with Gasteiger partial charge in [-0.15, -0.1) is 0 Å². The molecule has 2 saturated carbocycles. The van der Waals surface area contributed by atoms with Gasteiger partial charge in [-0.05, 0) is 139 Å². The Hall–Kier alpha value is -1.10. The highest BCUT2D eigenvalue weighted by Crippen LogP contribution is 2.61. The lowest BCUT2D eigenvalue weighted by molar-refractivity contribution is -0.295. The number of Topliss-reactive ketones (excluding diaryl/α,β-unsaturated/α-hetero) is 1. The average Bonchev–Trinajstić information content (AvgIpc) is 3.44. The second-order valence-electron chi connectivity index (χ2n) is 22.8. The van der Waals surface area contributed by atoms with Gasteiger partial charge in [0, 0.05) is 31.1 Å². The molecular formula is C47H82O9. The number of ether oxygens (including phenoxy) is 3. The van der Waals surface area contributed by atoms with E-state index in [9.17, 15) is 30.0 Å². The van der Waals surface area contributed by atoms with Gasteiger partial charge in [-0.3, -0.25) is 9.59 Å². The molecule has 15 atom stereocenters. The zero-order chi connectivity index (χ0) is 42.2. The Kier molecular flexibility index (Phi) is 12.9. The Labute approximate surface area is 339 Å². The average molecular weight is 791 g/mol. The van der Waals surface area contributed by atoms with Crippen molar-refractivity contribution in [2.75, 3.05) is 0 Å². The molecule has 4 N–H and O–H groups in total. The van der Waals surface area contributed by atoms with Crippen molar-refractivity contribution < 1.29 is 44.2 Å². The number of aliphatic hydroxyl groups is 4. The van der Waals surface area contributed by atoms with E-state index in [1.165, 1.54) is 0 Å². The molecule has 0 spiro atoms. The van der Waals surface area contributed by atoms with E-state index in [2.05, 4.69) is 55.4 Å². The summed E-state index contributed by atoms with van der Waals surface area (Å²) in [6.07, 6.45) is 6.40. The van der Waals surface area contributed by atoms with Gasteiger partial charge in [0.1, 0.15) is 17.5 Å². The normalized spacial score (nSPS) is 48.5. The lowest BCUT2D eigenvalue weighted by Crippen LogP contribution is -2.68. The van der Waals surface area contributed by atoms with Crippen molar-refractivity contribution in [1.82, 2.24) is 0 Å². The van der Waals surface area contributed by atoms with Crippen molar-refractivity contribution in [3.8, 4) is 0 Å². The van der Waals surface area contributed by atoms with Gasteiger partial charge >= 0.3 is 5.97 Å². The third-order valence-corrected chi connectivity index (χ3v) is 16.7. The zero-order valence-electron chi connectivity index (χ0n) is 37.7. The Balaban J connectivity index is 0.000000216. The van der Waals surface area contributed by atoms with Crippen LogP contribution in [-0.2, 0) is 23.8 Å². The number of ketones is 1. The maximum absolute atomic E-state index is 13.5. The highest BCUT2D eigenvalue weighted by molar-refractivity contribution is 5.83. The van der Waals surface area contributed by atoms with Crippen LogP contribution in [0.5, 0.6) is 0 Å². The van der Waals surface area contributed by atoms with Crippen molar-refractivity contribution in [3.05, 3.63) is 0 Å². The molecule has 0 amide bonds. The van der Waals surface area contributed by atoms with Crippen LogP contribution in [-0.4, -0.2) is 84.6 Å². The molecule has 9 heteroatoms. The van der Waals surface area contributed by atoms with Crippen LogP contribution in [0.2, 0.25) is 0 Å². The fraction of sp³-hybridized carbons (Fsp3) is 0.957. The smallest absolute Gasteiger partial charge is 0.306 e. The number of rotatable bonds is 5. The first-order valence-corrected chi connectivity index (χ1v) is 22.5. The Morgan fingerprint density at radius 1 is 0.768 bits per heavy atom. The molecule has 0 aromatic heterocycles. The van der Waals surface area contributed by atoms with Crippen LogP contribution in [0.3, 0.4) is 0 Å². The quantitative estimate of drug-likeness (QED) is 0.203. The van der Waals surface area contributed by atoms with Gasteiger partial charge in [-0.1, -0.05) is 62.3 Å². The van der Waals surface area contributed by atoms with Gasteiger partial charge in [0.05, 0.1) is 40.7 Å². The standard InChI is InChI=1S/C25H44O5.C22H38O4/c1-8-9-19(27)30-25(7)13-11-18(26)24(6,28)14-17-21-20(22(25)29-17)16(15(2)3)10-12-23(21,4)5;1-13(2)14-8-9-19(3,4)17-15(23)12-21(6,25)22(7)11-10-20(5,24)18(26-22)16(14)17/h15-18,20-22,26,28H,8-14H2,1-7H3;13-14,16-18,24-25H,8-12H2,1-7H3/t16-,17-,18+,20-,21-,22-,24+,25-;14-,16-,17-,18-,20-,21-,22-/m11/s1. The molecule has 9 nitrogen and oxygen atoms in total. The number of hydrogen-bond acceptors (Lipinski definition) is 9. The minimum atomic E-state index is -1.22. The van der Waals surface area contributed by atoms with Crippen LogP contribution in [0, 0.1) is 58.2 Å². The molecule has 4 heterocycles. The molecule has 0 aromatic carbocycles. The first kappa shape index (κ1) is 46.0. The number of fused-ring (bicyclic) bond motifs is 9. The summed E-state index contributed by atoms with van der Waals surface area (Å²) in [6.45, 7) is 29.2. The largest absolute Gasteiger partial charge is 0.457 e. The lowest BCUT2D eigenvalue weighted by atomic mass is 9.51. The van der Waals surface area contributed by atoms with E-state index in [1.807, 2.05) is 27.7 Å². The molecular weight excluding hydrogens is 709 g/mol. The van der Waals surface area contributed by atoms with Crippen molar-refractivity contribution in [2.45, 2.75) is 226 Å². The molecule has 6 rings (SSSR count). The molecule has 324 valence electrons. The first-order chi connectivity index (χ1) is 25.5. The maximum Gasteiger partial charge on any atom is 0.306 e. The number of carbonyl (C=O) groups excluding carboxylic acids is 2. The predicted octanol–water partition coefficient (Wildman–Crippen LogP) is 8.20. The molecule has 4 aliphatic heterocycles. The van der Waals surface area contributed by atoms with E-state index in [1.54, 1.807) is 13.8 Å². The van der Waals surface area contributed by atoms with Crippen LogP contribution in [0.15, 0.2) is 0 Å². The molecule has 0 radical (unpaired) electrons. The second-order valence-corrected chi connectivity index (χ2v) is 22.8. The molecule has 6 aliphatic rings. The minimum Gasteiger partial charge on any atom is -0.457 e. The molecule has 4 saturated heterocycles. The molecule has 0 unspecified atom stereocenters. The van der Waals surface area contributed by atoms with Gasteiger partial charge in [0.25, 0.3) is 0 Å². The Morgan fingerprint density at radius 2 is 1.34 bits per heavy atom. The molecule has 2 aliphatic carbocycles. The summed E-state index contributed by atoms with van der Waals surface area (Å²) in [5, 5.41) is 44.4. The van der Waals surface area contributed by atoms with Crippen LogP contribution in [0.4, 0.5) is 0 Å². The minimum absolute atomic E-state index is 0.00280. The van der Waals surface area contributed by atoms with E-state index in [0.29, 0.717) is 62.2 Å². The zero-order valence-corrected chi connectivity index (χ0v) is 37.7. The Bertz CT molecular complexity index is 1410. The topological polar surface area (TPSA) is 143 Å². The maximum atomic E-state index is 13.5. The molecule has 56 heavy (non-hydrogen) atoms. The summed E-state index contributed by atoms with van der Waals surface area (Å²) in [5.41, 5.74) is -5.08. The first-order valence-electron chi connectivity index (χ1n) is 22.5. The summed E-state index contributed by atoms with van der Waals surface area (Å²) < 4.78 is 19.5. The third kappa shape index (κ3) is 8.44. The summed E-state index contributed by atoms with van der Waals surface area (Å²) in [5.74, 6) is 2.10. The highest BCUT2D eigenvalue weighted by atomic mass is 16.6. The van der Waals surface area contributed by atoms with Gasteiger partial charge in [0.2, 0.25) is 0 Å². The van der Waals surface area contributed by atoms with Gasteiger partial charge in [-0.25, -0.2) is 0 Å². The van der Waals surface area contributed by atoms with E-state index in [4.69, 9.17) is 14.2 Å². The van der Waals surface area contributed by atoms with E-state index < -0.39 is 40.2 Å². The number of esters is 1. The Morgan fingerprint density at radius 3 is 1.91 bits per heavy atom. The molecule has 4 bridgehead atoms. The fourth-order valence-electron chi connectivity index (χ4n) is 12.9. The summed E-state index contributed by atoms with van der Waals surface area (Å²) in [6, 6.07) is 0. The van der Waals surface area contributed by atoms with E-state index >= 15 is 0 Å². The monoisotopic (exact) mass is 791 g/mol. The predicted molar refractivity (Wildman–Crippen MR) is 219 cm³/mol. The fourth-order valence-corrected chi connectivity index (χ4v) is 12.9. The lowest BCUT2D eigenvalue weighted by Gasteiger charge is -2.61. The number of aliphatic hydroxyl groups excluding tert-OH is 1. The summed E-state index contributed by atoms with van der Waals surface area (Å²) >= 11 is 0. The second kappa shape index (κ2) is 15.7. The van der Waals surface area contributed by atoms with Gasteiger partial charge in [0.15, 0.2) is 0 Å². The molecule has 0 aromatic rings. The SMILES string of the molecule is CC(C)[C@H]1CCC(C)(C)[C@@H]2C(=O)C[C@@](C)(O)[C@@]3(C)CC[C@@](C)(O)[C@H](O3)[C@H]12.CCCC(=O)O[C@]1(C)CC[C@H](O)[C@@](C)(O)C[C@H]2O[C@@H]1[C@H]1[C@@H]2C(C)(C)CC[C@@H]1C(C)C. The summed E-state index contributed by atoms with van der Waals surface area (Å²) in [7, 11) is 0. The third-order valence-electron chi connectivity index (χ3n) is 16.7. The van der Waals surface area contributed by atoms with Crippen LogP contribution in [0.1, 0.15) is 174 Å². The van der Waals surface area contributed by atoms with Crippen LogP contribution in [0.25, 0.3) is 0 Å². The van der Waals surface area contributed by atoms with Crippen LogP contribution < -0.4 is 0 Å². The highest BCUT2D eigenvalue weighted by Gasteiger charge is 2.65. The number of carbonyl (C=O) groups is 2. The van der Waals surface area contributed by atoms with Gasteiger partial charge in [-0.2, -0.15) is 0 Å². The summed E-state index contributed by atoms with van der Waals surface area (Å²) in [4.78, 5) is 26.1. The van der Waals surface area contributed by atoms with E-state index in [-0.39, 0.29) is 64.9 Å². The van der Waals surface area contributed by atoms with Gasteiger partial charge < -0.3 is 34.6 Å². The van der Waals surface area contributed by atoms with Crippen molar-refractivity contribution in [1.29, 1.82) is 0 Å². The van der Waals surface area contributed by atoms with E-state index in [0.717, 1.165) is 32.1 Å². The van der Waals surface area contributed by atoms with Crippen molar-refractivity contribution in [2.24, 2.45) is 58.2 Å². The van der Waals surface area contributed by atoms with Crippen molar-refractivity contribution >= 4 is 11.8 Å². The van der Waals surface area contributed by atoms with Crippen molar-refractivity contribution in [3.63, 3.8) is 0 Å². The molecule has 6 fully saturated rings. The van der Waals surface area contributed by atoms with Crippen LogP contribution >= 0.6 is 0 Å². The number of hydrogen-bond donors (Lipinski definition) is 4.